The molecule has 114 valence electrons. The summed E-state index contributed by atoms with van der Waals surface area (Å²) < 4.78 is 6.50. The van der Waals surface area contributed by atoms with Gasteiger partial charge in [0.05, 0.1) is 17.9 Å². The number of rotatable bonds is 5. The molecule has 0 spiro atoms. The molecule has 0 bridgehead atoms. The summed E-state index contributed by atoms with van der Waals surface area (Å²) in [5.74, 6) is -0.346. The molecule has 0 saturated carbocycles. The Bertz CT molecular complexity index is 759. The highest BCUT2D eigenvalue weighted by atomic mass is 16.6. The van der Waals surface area contributed by atoms with Crippen LogP contribution in [-0.2, 0) is 0 Å². The van der Waals surface area contributed by atoms with Crippen LogP contribution in [0.25, 0.3) is 11.4 Å². The van der Waals surface area contributed by atoms with Crippen LogP contribution in [0.3, 0.4) is 0 Å². The van der Waals surface area contributed by atoms with Crippen molar-refractivity contribution in [1.82, 2.24) is 9.71 Å². The first-order chi connectivity index (χ1) is 10.5. The smallest absolute Gasteiger partial charge is 0.357 e. The van der Waals surface area contributed by atoms with Crippen molar-refractivity contribution in [2.45, 2.75) is 13.8 Å². The molecular weight excluding hydrogens is 286 g/mol. The van der Waals surface area contributed by atoms with Gasteiger partial charge in [-0.3, -0.25) is 0 Å². The number of carbonyl (C=O) groups is 1. The summed E-state index contributed by atoms with van der Waals surface area (Å²) in [4.78, 5) is 20.6. The number of imidazole rings is 1. The third-order valence-corrected chi connectivity index (χ3v) is 3.05. The molecule has 1 aromatic carbocycles. The van der Waals surface area contributed by atoms with Gasteiger partial charge < -0.3 is 14.7 Å². The minimum Gasteiger partial charge on any atom is -0.492 e. The van der Waals surface area contributed by atoms with E-state index in [2.05, 4.69) is 11.1 Å². The van der Waals surface area contributed by atoms with Crippen molar-refractivity contribution < 1.29 is 19.5 Å². The van der Waals surface area contributed by atoms with Crippen molar-refractivity contribution in [2.75, 3.05) is 13.7 Å². The second-order valence-corrected chi connectivity index (χ2v) is 4.41. The second kappa shape index (κ2) is 6.18. The highest BCUT2D eigenvalue weighted by Crippen LogP contribution is 2.27. The molecule has 0 amide bonds. The van der Waals surface area contributed by atoms with Gasteiger partial charge in [0.15, 0.2) is 11.5 Å². The van der Waals surface area contributed by atoms with Crippen molar-refractivity contribution >= 4 is 5.97 Å². The number of aromatic carboxylic acids is 1. The predicted molar refractivity (Wildman–Crippen MR) is 77.7 cm³/mol. The van der Waals surface area contributed by atoms with Gasteiger partial charge in [0.25, 0.3) is 0 Å². The number of hydrogen-bond donors (Lipinski definition) is 1. The number of benzene rings is 1. The summed E-state index contributed by atoms with van der Waals surface area (Å²) >= 11 is 0. The molecule has 0 aliphatic heterocycles. The molecule has 22 heavy (non-hydrogen) atoms. The van der Waals surface area contributed by atoms with E-state index in [0.717, 1.165) is 4.73 Å². The first-order valence-electron chi connectivity index (χ1n) is 6.57. The Morgan fingerprint density at radius 2 is 2.23 bits per heavy atom. The van der Waals surface area contributed by atoms with Gasteiger partial charge in [-0.1, -0.05) is 0 Å². The van der Waals surface area contributed by atoms with Crippen molar-refractivity contribution in [3.05, 3.63) is 35.2 Å². The van der Waals surface area contributed by atoms with E-state index < -0.39 is 5.97 Å². The fourth-order valence-electron chi connectivity index (χ4n) is 2.15. The second-order valence-electron chi connectivity index (χ2n) is 4.41. The standard InChI is InChI=1S/C15H15N3O4/c1-4-22-12-6-5-10(7-11(12)8-16)14-17-9(2)13(15(19)20)18(14)21-3/h5-7H,4H2,1-3H3,(H,19,20). The maximum absolute atomic E-state index is 11.3. The number of aryl methyl sites for hydroxylation is 1. The molecular formula is C15H15N3O4. The fraction of sp³-hybridized carbons (Fsp3) is 0.267. The topological polar surface area (TPSA) is 97.4 Å². The lowest BCUT2D eigenvalue weighted by molar-refractivity contribution is 0.0640. The lowest BCUT2D eigenvalue weighted by Crippen LogP contribution is -2.15. The largest absolute Gasteiger partial charge is 0.492 e. The number of hydrogen-bond acceptors (Lipinski definition) is 5. The van der Waals surface area contributed by atoms with Crippen LogP contribution in [0.2, 0.25) is 0 Å². The number of ether oxygens (including phenoxy) is 1. The lowest BCUT2D eigenvalue weighted by Gasteiger charge is -2.09. The van der Waals surface area contributed by atoms with Crippen LogP contribution in [0, 0.1) is 18.3 Å². The zero-order chi connectivity index (χ0) is 16.3. The Balaban J connectivity index is 2.60. The molecule has 2 rings (SSSR count). The van der Waals surface area contributed by atoms with Crippen molar-refractivity contribution in [3.8, 4) is 23.2 Å². The van der Waals surface area contributed by atoms with Gasteiger partial charge in [-0.15, -0.1) is 0 Å². The summed E-state index contributed by atoms with van der Waals surface area (Å²) in [5, 5.41) is 18.4. The molecule has 0 atom stereocenters. The number of carboxylic acids is 1. The van der Waals surface area contributed by atoms with Crippen LogP contribution in [0.4, 0.5) is 0 Å². The fourth-order valence-corrected chi connectivity index (χ4v) is 2.15. The van der Waals surface area contributed by atoms with Crippen LogP contribution in [0.15, 0.2) is 18.2 Å². The van der Waals surface area contributed by atoms with Gasteiger partial charge >= 0.3 is 5.97 Å². The zero-order valence-electron chi connectivity index (χ0n) is 12.5. The molecule has 1 heterocycles. The first-order valence-corrected chi connectivity index (χ1v) is 6.57. The Hall–Kier alpha value is -3.01. The van der Waals surface area contributed by atoms with E-state index in [1.54, 1.807) is 25.1 Å². The van der Waals surface area contributed by atoms with Gasteiger partial charge in [-0.2, -0.15) is 9.99 Å². The molecule has 0 aliphatic rings. The third-order valence-electron chi connectivity index (χ3n) is 3.05. The van der Waals surface area contributed by atoms with Crippen LogP contribution in [0.1, 0.15) is 28.7 Å². The highest BCUT2D eigenvalue weighted by molar-refractivity contribution is 5.88. The molecule has 0 unspecified atom stereocenters. The minimum absolute atomic E-state index is 0.0510. The monoisotopic (exact) mass is 301 g/mol. The average Bonchev–Trinajstić information content (AvgIpc) is 2.84. The van der Waals surface area contributed by atoms with Crippen molar-refractivity contribution in [3.63, 3.8) is 0 Å². The average molecular weight is 301 g/mol. The SMILES string of the molecule is CCOc1ccc(-c2nc(C)c(C(=O)O)n2OC)cc1C#N. The maximum Gasteiger partial charge on any atom is 0.357 e. The van der Waals surface area contributed by atoms with E-state index in [4.69, 9.17) is 9.57 Å². The van der Waals surface area contributed by atoms with E-state index in [0.29, 0.717) is 35.0 Å². The van der Waals surface area contributed by atoms with Gasteiger partial charge in [0.1, 0.15) is 18.9 Å². The van der Waals surface area contributed by atoms with E-state index in [9.17, 15) is 15.2 Å². The predicted octanol–water partition coefficient (Wildman–Crippen LogP) is 1.89. The molecule has 1 aromatic heterocycles. The molecule has 0 fully saturated rings. The molecule has 1 N–H and O–H groups in total. The molecule has 0 saturated heterocycles. The molecule has 7 nitrogen and oxygen atoms in total. The van der Waals surface area contributed by atoms with Crippen LogP contribution < -0.4 is 9.57 Å². The summed E-state index contributed by atoms with van der Waals surface area (Å²) in [5.41, 5.74) is 1.19. The number of carboxylic acid groups (broad SMARTS) is 1. The van der Waals surface area contributed by atoms with Gasteiger partial charge in [-0.05, 0) is 32.0 Å². The Morgan fingerprint density at radius 3 is 2.77 bits per heavy atom. The van der Waals surface area contributed by atoms with Crippen LogP contribution in [-0.4, -0.2) is 34.5 Å². The summed E-state index contributed by atoms with van der Waals surface area (Å²) in [6.07, 6.45) is 0. The van der Waals surface area contributed by atoms with Crippen molar-refractivity contribution in [2.24, 2.45) is 0 Å². The van der Waals surface area contributed by atoms with E-state index in [-0.39, 0.29) is 5.69 Å². The van der Waals surface area contributed by atoms with Gasteiger partial charge in [-0.25, -0.2) is 9.78 Å². The minimum atomic E-state index is -1.13. The normalized spacial score (nSPS) is 10.1. The third kappa shape index (κ3) is 2.59. The highest BCUT2D eigenvalue weighted by Gasteiger charge is 2.22. The van der Waals surface area contributed by atoms with Crippen molar-refractivity contribution in [1.29, 1.82) is 5.26 Å². The molecule has 0 aliphatic carbocycles. The molecule has 2 aromatic rings. The zero-order valence-corrected chi connectivity index (χ0v) is 12.5. The quantitative estimate of drug-likeness (QED) is 0.905. The molecule has 7 heteroatoms. The summed E-state index contributed by atoms with van der Waals surface area (Å²) in [6, 6.07) is 7.00. The van der Waals surface area contributed by atoms with Gasteiger partial charge in [0, 0.05) is 5.56 Å². The number of aromatic nitrogens is 2. The van der Waals surface area contributed by atoms with E-state index >= 15 is 0 Å². The van der Waals surface area contributed by atoms with Gasteiger partial charge in [0.2, 0.25) is 0 Å². The summed E-state index contributed by atoms with van der Waals surface area (Å²) in [7, 11) is 1.36. The first kappa shape index (κ1) is 15.4. The number of nitrogens with zero attached hydrogens (tertiary/aromatic N) is 3. The molecule has 0 radical (unpaired) electrons. The Morgan fingerprint density at radius 1 is 1.50 bits per heavy atom. The van der Waals surface area contributed by atoms with Crippen LogP contribution >= 0.6 is 0 Å². The van der Waals surface area contributed by atoms with Crippen LogP contribution in [0.5, 0.6) is 5.75 Å². The number of nitriles is 1. The Labute approximate surface area is 127 Å². The van der Waals surface area contributed by atoms with E-state index in [1.165, 1.54) is 7.11 Å². The lowest BCUT2D eigenvalue weighted by atomic mass is 10.1. The summed E-state index contributed by atoms with van der Waals surface area (Å²) in [6.45, 7) is 3.86. The Kier molecular flexibility index (Phi) is 4.32. The maximum atomic E-state index is 11.3. The van der Waals surface area contributed by atoms with E-state index in [1.807, 2.05) is 6.92 Å².